The molecule has 37 heavy (non-hydrogen) atoms. The number of rotatable bonds is 6. The summed E-state index contributed by atoms with van der Waals surface area (Å²) in [5.41, 5.74) is 2.88. The van der Waals surface area contributed by atoms with Gasteiger partial charge in [0.25, 0.3) is 5.56 Å². The molecule has 9 heteroatoms. The summed E-state index contributed by atoms with van der Waals surface area (Å²) >= 11 is 3.42. The van der Waals surface area contributed by atoms with E-state index in [9.17, 15) is 14.0 Å². The minimum Gasteiger partial charge on any atom is -0.335 e. The van der Waals surface area contributed by atoms with Gasteiger partial charge in [-0.25, -0.2) is 9.37 Å². The lowest BCUT2D eigenvalue weighted by molar-refractivity contribution is -0.116. The molecule has 0 atom stereocenters. The molecule has 1 amide bonds. The summed E-state index contributed by atoms with van der Waals surface area (Å²) in [7, 11) is 0. The van der Waals surface area contributed by atoms with Gasteiger partial charge in [-0.3, -0.25) is 9.59 Å². The van der Waals surface area contributed by atoms with Crippen LogP contribution < -0.4 is 10.9 Å². The second kappa shape index (κ2) is 10.1. The van der Waals surface area contributed by atoms with Gasteiger partial charge < -0.3 is 9.88 Å². The molecule has 0 saturated carbocycles. The summed E-state index contributed by atoms with van der Waals surface area (Å²) in [6.07, 6.45) is 2.16. The summed E-state index contributed by atoms with van der Waals surface area (Å²) in [4.78, 5) is 30.7. The molecule has 7 nitrogen and oxygen atoms in total. The van der Waals surface area contributed by atoms with Crippen LogP contribution in [-0.2, 0) is 17.8 Å². The largest absolute Gasteiger partial charge is 0.335 e. The standard InChI is InChI=1S/C28H23BrFN5O2/c1-3-26-32-23-13-12-18(29)14-20(23)28(37)35(26)31-15-21-17(2)34(25-11-7-4-8-19(21)25)16-27(36)33-24-10-6-5-9-22(24)30/h4-15H,3,16H2,1-2H3,(H,33,36). The Morgan fingerprint density at radius 2 is 1.86 bits per heavy atom. The molecule has 0 aliphatic heterocycles. The van der Waals surface area contributed by atoms with Crippen molar-refractivity contribution in [2.24, 2.45) is 5.10 Å². The Bertz CT molecular complexity index is 1760. The number of hydrogen-bond donors (Lipinski definition) is 1. The van der Waals surface area contributed by atoms with Crippen LogP contribution in [0.3, 0.4) is 0 Å². The maximum Gasteiger partial charge on any atom is 0.282 e. The van der Waals surface area contributed by atoms with Crippen LogP contribution in [0.1, 0.15) is 24.0 Å². The van der Waals surface area contributed by atoms with Gasteiger partial charge in [-0.05, 0) is 43.3 Å². The van der Waals surface area contributed by atoms with Crippen molar-refractivity contribution in [3.63, 3.8) is 0 Å². The fourth-order valence-corrected chi connectivity index (χ4v) is 4.74. The molecule has 0 bridgehead atoms. The van der Waals surface area contributed by atoms with E-state index in [1.165, 1.54) is 16.8 Å². The van der Waals surface area contributed by atoms with E-state index in [-0.39, 0.29) is 23.7 Å². The van der Waals surface area contributed by atoms with Crippen LogP contribution in [0.15, 0.2) is 81.1 Å². The van der Waals surface area contributed by atoms with Gasteiger partial charge in [-0.2, -0.15) is 9.78 Å². The molecule has 0 radical (unpaired) electrons. The van der Waals surface area contributed by atoms with Gasteiger partial charge >= 0.3 is 0 Å². The Morgan fingerprint density at radius 1 is 1.11 bits per heavy atom. The third kappa shape index (κ3) is 4.70. The summed E-state index contributed by atoms with van der Waals surface area (Å²) in [5.74, 6) is -0.307. The van der Waals surface area contributed by atoms with E-state index in [1.807, 2.05) is 48.7 Å². The van der Waals surface area contributed by atoms with Crippen molar-refractivity contribution >= 4 is 55.5 Å². The van der Waals surface area contributed by atoms with E-state index in [0.29, 0.717) is 23.1 Å². The Labute approximate surface area is 220 Å². The van der Waals surface area contributed by atoms with Crippen molar-refractivity contribution in [3.05, 3.63) is 104 Å². The smallest absolute Gasteiger partial charge is 0.282 e. The number of fused-ring (bicyclic) bond motifs is 2. The number of aromatic nitrogens is 3. The average molecular weight is 560 g/mol. The van der Waals surface area contributed by atoms with Crippen molar-refractivity contribution in [2.45, 2.75) is 26.8 Å². The highest BCUT2D eigenvalue weighted by Gasteiger charge is 2.16. The molecule has 5 rings (SSSR count). The summed E-state index contributed by atoms with van der Waals surface area (Å²) in [5, 5.41) is 8.53. The van der Waals surface area contributed by atoms with E-state index in [1.54, 1.807) is 30.5 Å². The molecule has 0 spiro atoms. The Balaban J connectivity index is 1.55. The van der Waals surface area contributed by atoms with Gasteiger partial charge in [0.2, 0.25) is 5.91 Å². The molecule has 186 valence electrons. The number of amides is 1. The molecular formula is C28H23BrFN5O2. The number of nitrogens with zero attached hydrogens (tertiary/aromatic N) is 4. The molecule has 0 unspecified atom stereocenters. The Kier molecular flexibility index (Phi) is 6.71. The zero-order valence-electron chi connectivity index (χ0n) is 20.2. The highest BCUT2D eigenvalue weighted by molar-refractivity contribution is 9.10. The van der Waals surface area contributed by atoms with Crippen molar-refractivity contribution in [3.8, 4) is 0 Å². The highest BCUT2D eigenvalue weighted by atomic mass is 79.9. The Morgan fingerprint density at radius 3 is 2.65 bits per heavy atom. The molecule has 1 N–H and O–H groups in total. The first-order valence-electron chi connectivity index (χ1n) is 11.7. The van der Waals surface area contributed by atoms with Crippen LogP contribution in [-0.4, -0.2) is 26.3 Å². The van der Waals surface area contributed by atoms with Gasteiger partial charge in [0, 0.05) is 33.1 Å². The van der Waals surface area contributed by atoms with E-state index in [2.05, 4.69) is 31.3 Å². The lowest BCUT2D eigenvalue weighted by Crippen LogP contribution is -2.22. The summed E-state index contributed by atoms with van der Waals surface area (Å²) in [6.45, 7) is 3.79. The first-order chi connectivity index (χ1) is 17.9. The molecule has 3 aromatic carbocycles. The van der Waals surface area contributed by atoms with E-state index < -0.39 is 5.82 Å². The lowest BCUT2D eigenvalue weighted by atomic mass is 10.1. The monoisotopic (exact) mass is 559 g/mol. The van der Waals surface area contributed by atoms with Crippen molar-refractivity contribution in [2.75, 3.05) is 5.32 Å². The number of carbonyl (C=O) groups excluding carboxylic acids is 1. The fourth-order valence-electron chi connectivity index (χ4n) is 4.38. The molecule has 0 fully saturated rings. The summed E-state index contributed by atoms with van der Waals surface area (Å²) < 4.78 is 18.0. The molecule has 2 aromatic heterocycles. The first kappa shape index (κ1) is 24.6. The topological polar surface area (TPSA) is 81.3 Å². The maximum absolute atomic E-state index is 14.0. The molecule has 5 aromatic rings. The van der Waals surface area contributed by atoms with Gasteiger partial charge in [0.1, 0.15) is 18.2 Å². The van der Waals surface area contributed by atoms with Gasteiger partial charge in [0.15, 0.2) is 0 Å². The van der Waals surface area contributed by atoms with Crippen molar-refractivity contribution < 1.29 is 9.18 Å². The minimum absolute atomic E-state index is 0.0137. The first-order valence-corrected chi connectivity index (χ1v) is 12.5. The van der Waals surface area contributed by atoms with Crippen LogP contribution >= 0.6 is 15.9 Å². The highest BCUT2D eigenvalue weighted by Crippen LogP contribution is 2.25. The lowest BCUT2D eigenvalue weighted by Gasteiger charge is -2.10. The molecule has 0 saturated heterocycles. The third-order valence-corrected chi connectivity index (χ3v) is 6.72. The molecule has 2 heterocycles. The number of nitrogens with one attached hydrogen (secondary N) is 1. The van der Waals surface area contributed by atoms with Crippen LogP contribution in [0.4, 0.5) is 10.1 Å². The van der Waals surface area contributed by atoms with Crippen molar-refractivity contribution in [1.29, 1.82) is 0 Å². The third-order valence-electron chi connectivity index (χ3n) is 6.22. The van der Waals surface area contributed by atoms with Crippen molar-refractivity contribution in [1.82, 2.24) is 14.2 Å². The van der Waals surface area contributed by atoms with Crippen LogP contribution in [0.25, 0.3) is 21.8 Å². The van der Waals surface area contributed by atoms with E-state index in [4.69, 9.17) is 0 Å². The van der Waals surface area contributed by atoms with Gasteiger partial charge in [-0.15, -0.1) is 0 Å². The minimum atomic E-state index is -0.494. The number of aryl methyl sites for hydroxylation is 1. The second-order valence-corrected chi connectivity index (χ2v) is 9.45. The quantitative estimate of drug-likeness (QED) is 0.273. The zero-order chi connectivity index (χ0) is 26.1. The molecular weight excluding hydrogens is 537 g/mol. The number of carbonyl (C=O) groups is 1. The summed E-state index contributed by atoms with van der Waals surface area (Å²) in [6, 6.07) is 19.1. The normalized spacial score (nSPS) is 11.6. The fraction of sp³-hybridized carbons (Fsp3) is 0.143. The van der Waals surface area contributed by atoms with Gasteiger partial charge in [0.05, 0.1) is 22.8 Å². The number of hydrogen-bond acceptors (Lipinski definition) is 4. The van der Waals surface area contributed by atoms with Crippen LogP contribution in [0, 0.1) is 12.7 Å². The van der Waals surface area contributed by atoms with E-state index in [0.717, 1.165) is 26.6 Å². The average Bonchev–Trinajstić information content (AvgIpc) is 3.15. The predicted molar refractivity (Wildman–Crippen MR) is 148 cm³/mol. The SMILES string of the molecule is CCc1nc2ccc(Br)cc2c(=O)n1N=Cc1c(C)n(CC(=O)Nc2ccccc2F)c2ccccc12. The Hall–Kier alpha value is -4.11. The second-order valence-electron chi connectivity index (χ2n) is 8.53. The molecule has 0 aliphatic carbocycles. The van der Waals surface area contributed by atoms with Crippen LogP contribution in [0.2, 0.25) is 0 Å². The van der Waals surface area contributed by atoms with E-state index >= 15 is 0 Å². The number of benzene rings is 3. The predicted octanol–water partition coefficient (Wildman–Crippen LogP) is 5.64. The number of para-hydroxylation sites is 2. The zero-order valence-corrected chi connectivity index (χ0v) is 21.8. The van der Waals surface area contributed by atoms with Crippen LogP contribution in [0.5, 0.6) is 0 Å². The number of anilines is 1. The molecule has 0 aliphatic rings. The maximum atomic E-state index is 14.0. The number of halogens is 2. The van der Waals surface area contributed by atoms with Gasteiger partial charge in [-0.1, -0.05) is 53.2 Å².